The van der Waals surface area contributed by atoms with Crippen LogP contribution in [0.5, 0.6) is 5.75 Å². The normalized spacial score (nSPS) is 14.5. The van der Waals surface area contributed by atoms with Crippen molar-refractivity contribution in [3.05, 3.63) is 65.4 Å². The first-order chi connectivity index (χ1) is 11.5. The van der Waals surface area contributed by atoms with E-state index in [-0.39, 0.29) is 5.57 Å². The highest BCUT2D eigenvalue weighted by molar-refractivity contribution is 6.44. The van der Waals surface area contributed by atoms with E-state index in [4.69, 9.17) is 4.74 Å². The van der Waals surface area contributed by atoms with Crippen LogP contribution in [0, 0.1) is 6.92 Å². The minimum absolute atomic E-state index is 0.00422. The number of aliphatic hydroxyl groups is 1. The van der Waals surface area contributed by atoms with Crippen molar-refractivity contribution in [3.8, 4) is 5.75 Å². The van der Waals surface area contributed by atoms with Gasteiger partial charge in [-0.3, -0.25) is 9.59 Å². The van der Waals surface area contributed by atoms with Gasteiger partial charge in [0.25, 0.3) is 5.91 Å². The van der Waals surface area contributed by atoms with Crippen LogP contribution < -0.4 is 9.64 Å². The summed E-state index contributed by atoms with van der Waals surface area (Å²) in [6.07, 6.45) is 0. The molecule has 0 unspecified atom stereocenters. The number of imide groups is 1. The Balaban J connectivity index is 1.97. The summed E-state index contributed by atoms with van der Waals surface area (Å²) in [4.78, 5) is 26.1. The van der Waals surface area contributed by atoms with E-state index in [2.05, 4.69) is 0 Å². The van der Waals surface area contributed by atoms with Gasteiger partial charge in [-0.05, 0) is 49.2 Å². The van der Waals surface area contributed by atoms with Crippen molar-refractivity contribution in [2.45, 2.75) is 13.8 Å². The van der Waals surface area contributed by atoms with E-state index in [0.717, 1.165) is 10.5 Å². The molecular weight excluding hydrogens is 306 g/mol. The molecule has 0 aromatic heterocycles. The number of aliphatic hydroxyl groups excluding tert-OH is 1. The van der Waals surface area contributed by atoms with Crippen LogP contribution in [0.1, 0.15) is 18.1 Å². The number of benzene rings is 2. The molecule has 0 atom stereocenters. The van der Waals surface area contributed by atoms with Crippen LogP contribution in [0.2, 0.25) is 0 Å². The van der Waals surface area contributed by atoms with Crippen molar-refractivity contribution in [3.63, 3.8) is 0 Å². The quantitative estimate of drug-likeness (QED) is 0.877. The van der Waals surface area contributed by atoms with Crippen molar-refractivity contribution < 1.29 is 19.4 Å². The smallest absolute Gasteiger partial charge is 0.301 e. The first kappa shape index (κ1) is 15.8. The molecule has 5 nitrogen and oxygen atoms in total. The number of amides is 2. The number of anilines is 1. The number of aryl methyl sites for hydroxylation is 1. The molecule has 0 bridgehead atoms. The average Bonchev–Trinajstić information content (AvgIpc) is 2.78. The van der Waals surface area contributed by atoms with Gasteiger partial charge in [-0.25, -0.2) is 4.90 Å². The van der Waals surface area contributed by atoms with Crippen molar-refractivity contribution in [1.29, 1.82) is 0 Å². The third-order valence-corrected chi connectivity index (χ3v) is 3.77. The summed E-state index contributed by atoms with van der Waals surface area (Å²) in [5.74, 6) is -1.12. The Morgan fingerprint density at radius 2 is 1.75 bits per heavy atom. The largest absolute Gasteiger partial charge is 0.502 e. The highest BCUT2D eigenvalue weighted by Gasteiger charge is 2.40. The number of rotatable bonds is 4. The Labute approximate surface area is 139 Å². The maximum absolute atomic E-state index is 12.7. The molecule has 0 saturated heterocycles. The summed E-state index contributed by atoms with van der Waals surface area (Å²) in [7, 11) is 0. The number of hydrogen-bond donors (Lipinski definition) is 1. The summed E-state index contributed by atoms with van der Waals surface area (Å²) < 4.78 is 5.36. The van der Waals surface area contributed by atoms with E-state index < -0.39 is 17.6 Å². The minimum Gasteiger partial charge on any atom is -0.502 e. The van der Waals surface area contributed by atoms with E-state index in [1.54, 1.807) is 42.5 Å². The molecule has 0 aliphatic carbocycles. The Morgan fingerprint density at radius 1 is 1.04 bits per heavy atom. The zero-order valence-corrected chi connectivity index (χ0v) is 13.4. The SMILES string of the molecule is CCOc1ccc(C2=C(O)C(=O)N(c3cccc(C)c3)C2=O)cc1. The van der Waals surface area contributed by atoms with Crippen LogP contribution in [0.4, 0.5) is 5.69 Å². The molecule has 24 heavy (non-hydrogen) atoms. The molecule has 3 rings (SSSR count). The fourth-order valence-electron chi connectivity index (χ4n) is 2.66. The van der Waals surface area contributed by atoms with Crippen molar-refractivity contribution in [2.75, 3.05) is 11.5 Å². The van der Waals surface area contributed by atoms with Crippen LogP contribution >= 0.6 is 0 Å². The maximum Gasteiger partial charge on any atom is 0.301 e. The third-order valence-electron chi connectivity index (χ3n) is 3.77. The van der Waals surface area contributed by atoms with Gasteiger partial charge < -0.3 is 9.84 Å². The molecule has 2 aromatic rings. The lowest BCUT2D eigenvalue weighted by Gasteiger charge is -2.15. The first-order valence-corrected chi connectivity index (χ1v) is 7.65. The topological polar surface area (TPSA) is 66.8 Å². The summed E-state index contributed by atoms with van der Waals surface area (Å²) in [5.41, 5.74) is 1.84. The second-order valence-electron chi connectivity index (χ2n) is 5.47. The zero-order chi connectivity index (χ0) is 17.3. The van der Waals surface area contributed by atoms with Crippen molar-refractivity contribution in [2.24, 2.45) is 0 Å². The highest BCUT2D eigenvalue weighted by Crippen LogP contribution is 2.32. The summed E-state index contributed by atoms with van der Waals surface area (Å²) in [6.45, 7) is 4.28. The van der Waals surface area contributed by atoms with E-state index in [1.165, 1.54) is 0 Å². The number of nitrogens with zero attached hydrogens (tertiary/aromatic N) is 1. The van der Waals surface area contributed by atoms with Gasteiger partial charge in [0.15, 0.2) is 5.76 Å². The van der Waals surface area contributed by atoms with Gasteiger partial charge in [0.05, 0.1) is 17.9 Å². The molecule has 0 radical (unpaired) electrons. The number of carbonyl (C=O) groups is 2. The summed E-state index contributed by atoms with van der Waals surface area (Å²) in [5, 5.41) is 10.2. The molecule has 0 saturated carbocycles. The van der Waals surface area contributed by atoms with Crippen LogP contribution in [0.3, 0.4) is 0 Å². The van der Waals surface area contributed by atoms with Crippen molar-refractivity contribution in [1.82, 2.24) is 0 Å². The van der Waals surface area contributed by atoms with Gasteiger partial charge in [-0.1, -0.05) is 24.3 Å². The average molecular weight is 323 g/mol. The molecule has 0 spiro atoms. The van der Waals surface area contributed by atoms with Gasteiger partial charge in [-0.2, -0.15) is 0 Å². The Bertz CT molecular complexity index is 837. The van der Waals surface area contributed by atoms with Crippen LogP contribution in [0.15, 0.2) is 54.3 Å². The molecule has 2 aromatic carbocycles. The molecule has 122 valence electrons. The Hall–Kier alpha value is -3.08. The van der Waals surface area contributed by atoms with E-state index in [0.29, 0.717) is 23.6 Å². The standard InChI is InChI=1S/C19H17NO4/c1-3-24-15-9-7-13(8-10-15)16-17(21)19(23)20(18(16)22)14-6-4-5-12(2)11-14/h4-11,21H,3H2,1-2H3. The maximum atomic E-state index is 12.7. The van der Waals surface area contributed by atoms with Gasteiger partial charge in [0.2, 0.25) is 0 Å². The first-order valence-electron chi connectivity index (χ1n) is 7.65. The van der Waals surface area contributed by atoms with Gasteiger partial charge in [0, 0.05) is 0 Å². The number of carbonyl (C=O) groups excluding carboxylic acids is 2. The molecule has 1 aliphatic heterocycles. The number of hydrogen-bond acceptors (Lipinski definition) is 4. The second-order valence-corrected chi connectivity index (χ2v) is 5.47. The highest BCUT2D eigenvalue weighted by atomic mass is 16.5. The van der Waals surface area contributed by atoms with E-state index in [1.807, 2.05) is 19.9 Å². The molecule has 5 heteroatoms. The predicted octanol–water partition coefficient (Wildman–Crippen LogP) is 3.24. The lowest BCUT2D eigenvalue weighted by molar-refractivity contribution is -0.121. The van der Waals surface area contributed by atoms with E-state index >= 15 is 0 Å². The Morgan fingerprint density at radius 3 is 2.38 bits per heavy atom. The van der Waals surface area contributed by atoms with Gasteiger partial charge >= 0.3 is 5.91 Å². The fraction of sp³-hybridized carbons (Fsp3) is 0.158. The van der Waals surface area contributed by atoms with Crippen LogP contribution in [-0.2, 0) is 9.59 Å². The molecule has 0 fully saturated rings. The minimum atomic E-state index is -0.713. The lowest BCUT2D eigenvalue weighted by atomic mass is 10.1. The summed E-state index contributed by atoms with van der Waals surface area (Å²) in [6, 6.07) is 13.7. The Kier molecular flexibility index (Phi) is 4.08. The van der Waals surface area contributed by atoms with E-state index in [9.17, 15) is 14.7 Å². The molecule has 2 amide bonds. The predicted molar refractivity (Wildman–Crippen MR) is 90.8 cm³/mol. The zero-order valence-electron chi connectivity index (χ0n) is 13.4. The monoisotopic (exact) mass is 323 g/mol. The number of ether oxygens (including phenoxy) is 1. The summed E-state index contributed by atoms with van der Waals surface area (Å²) >= 11 is 0. The van der Waals surface area contributed by atoms with Gasteiger partial charge in [0.1, 0.15) is 5.75 Å². The molecule has 1 N–H and O–H groups in total. The second kappa shape index (κ2) is 6.20. The van der Waals surface area contributed by atoms with Crippen LogP contribution in [0.25, 0.3) is 5.57 Å². The third kappa shape index (κ3) is 2.65. The lowest BCUT2D eigenvalue weighted by Crippen LogP contribution is -2.31. The molecule has 1 aliphatic rings. The molecule has 1 heterocycles. The van der Waals surface area contributed by atoms with Crippen LogP contribution in [-0.4, -0.2) is 23.5 Å². The van der Waals surface area contributed by atoms with Gasteiger partial charge in [-0.15, -0.1) is 0 Å². The molecular formula is C19H17NO4. The van der Waals surface area contributed by atoms with Crippen molar-refractivity contribution >= 4 is 23.1 Å². The fourth-order valence-corrected chi connectivity index (χ4v) is 2.66.